The second-order valence-corrected chi connectivity index (χ2v) is 6.42. The van der Waals surface area contributed by atoms with Gasteiger partial charge in [0.2, 0.25) is 5.91 Å². The molecule has 0 fully saturated rings. The van der Waals surface area contributed by atoms with Crippen LogP contribution >= 0.6 is 11.3 Å². The molecule has 0 aliphatic carbocycles. The van der Waals surface area contributed by atoms with Crippen LogP contribution in [0.1, 0.15) is 30.1 Å². The SMILES string of the molecule is CCN[C@H](C)CNC(=O)Cc1csc(Cc2ccc(F)cc2)n1. The van der Waals surface area contributed by atoms with Crippen LogP contribution in [-0.4, -0.2) is 30.0 Å². The van der Waals surface area contributed by atoms with E-state index in [1.165, 1.54) is 23.5 Å². The maximum absolute atomic E-state index is 12.9. The van der Waals surface area contributed by atoms with Crippen molar-refractivity contribution < 1.29 is 9.18 Å². The fraction of sp³-hybridized carbons (Fsp3) is 0.412. The molecular formula is C17H22FN3OS. The van der Waals surface area contributed by atoms with E-state index in [9.17, 15) is 9.18 Å². The summed E-state index contributed by atoms with van der Waals surface area (Å²) in [4.78, 5) is 16.4. The Morgan fingerprint density at radius 1 is 1.35 bits per heavy atom. The lowest BCUT2D eigenvalue weighted by Crippen LogP contribution is -2.39. The van der Waals surface area contributed by atoms with E-state index in [0.717, 1.165) is 22.8 Å². The Bertz CT molecular complexity index is 627. The van der Waals surface area contributed by atoms with E-state index in [-0.39, 0.29) is 17.8 Å². The average Bonchev–Trinajstić information content (AvgIpc) is 2.95. The van der Waals surface area contributed by atoms with Gasteiger partial charge >= 0.3 is 0 Å². The molecule has 2 N–H and O–H groups in total. The Kier molecular flexibility index (Phi) is 6.67. The molecule has 0 saturated heterocycles. The molecule has 0 aliphatic heterocycles. The molecular weight excluding hydrogens is 313 g/mol. The van der Waals surface area contributed by atoms with Crippen LogP contribution in [0.2, 0.25) is 0 Å². The van der Waals surface area contributed by atoms with Crippen molar-refractivity contribution in [2.75, 3.05) is 13.1 Å². The number of rotatable bonds is 8. The molecule has 1 aromatic carbocycles. The molecule has 1 atom stereocenters. The van der Waals surface area contributed by atoms with Crippen molar-refractivity contribution >= 4 is 17.2 Å². The van der Waals surface area contributed by atoms with Crippen LogP contribution in [0, 0.1) is 5.82 Å². The van der Waals surface area contributed by atoms with E-state index in [1.54, 1.807) is 12.1 Å². The van der Waals surface area contributed by atoms with Gasteiger partial charge in [0.15, 0.2) is 0 Å². The number of thiazole rings is 1. The summed E-state index contributed by atoms with van der Waals surface area (Å²) < 4.78 is 12.9. The minimum absolute atomic E-state index is 0.0200. The molecule has 0 bridgehead atoms. The first kappa shape index (κ1) is 17.6. The van der Waals surface area contributed by atoms with Gasteiger partial charge < -0.3 is 10.6 Å². The third-order valence-corrected chi connectivity index (χ3v) is 4.27. The number of hydrogen-bond acceptors (Lipinski definition) is 4. The molecule has 0 saturated carbocycles. The van der Waals surface area contributed by atoms with Gasteiger partial charge in [0.05, 0.1) is 17.1 Å². The largest absolute Gasteiger partial charge is 0.354 e. The van der Waals surface area contributed by atoms with Crippen molar-refractivity contribution in [3.8, 4) is 0 Å². The molecule has 1 amide bonds. The molecule has 2 rings (SSSR count). The summed E-state index contributed by atoms with van der Waals surface area (Å²) in [5, 5.41) is 8.99. The maximum Gasteiger partial charge on any atom is 0.226 e. The Labute approximate surface area is 140 Å². The standard InChI is InChI=1S/C17H22FN3OS/c1-3-19-12(2)10-20-16(22)9-15-11-23-17(21-15)8-13-4-6-14(18)7-5-13/h4-7,11-12,19H,3,8-10H2,1-2H3,(H,20,22)/t12-/m1/s1. The first-order valence-electron chi connectivity index (χ1n) is 7.74. The summed E-state index contributed by atoms with van der Waals surface area (Å²) in [5.74, 6) is -0.259. The van der Waals surface area contributed by atoms with Gasteiger partial charge in [-0.15, -0.1) is 11.3 Å². The summed E-state index contributed by atoms with van der Waals surface area (Å²) in [5.41, 5.74) is 1.79. The molecule has 23 heavy (non-hydrogen) atoms. The second kappa shape index (κ2) is 8.74. The van der Waals surface area contributed by atoms with Gasteiger partial charge in [-0.3, -0.25) is 4.79 Å². The highest BCUT2D eigenvalue weighted by molar-refractivity contribution is 7.09. The van der Waals surface area contributed by atoms with Crippen LogP contribution in [-0.2, 0) is 17.6 Å². The molecule has 0 spiro atoms. The Morgan fingerprint density at radius 3 is 2.78 bits per heavy atom. The maximum atomic E-state index is 12.9. The molecule has 2 aromatic rings. The number of amides is 1. The van der Waals surface area contributed by atoms with E-state index < -0.39 is 0 Å². The number of nitrogens with one attached hydrogen (secondary N) is 2. The van der Waals surface area contributed by atoms with E-state index >= 15 is 0 Å². The van der Waals surface area contributed by atoms with Gasteiger partial charge in [-0.05, 0) is 31.2 Å². The molecule has 6 heteroatoms. The van der Waals surface area contributed by atoms with E-state index in [0.29, 0.717) is 19.4 Å². The van der Waals surface area contributed by atoms with Crippen LogP contribution < -0.4 is 10.6 Å². The minimum atomic E-state index is -0.239. The number of benzene rings is 1. The van der Waals surface area contributed by atoms with Crippen molar-refractivity contribution in [1.29, 1.82) is 0 Å². The van der Waals surface area contributed by atoms with Crippen molar-refractivity contribution in [2.45, 2.75) is 32.7 Å². The smallest absolute Gasteiger partial charge is 0.226 e. The third-order valence-electron chi connectivity index (χ3n) is 3.37. The molecule has 0 unspecified atom stereocenters. The van der Waals surface area contributed by atoms with Crippen molar-refractivity contribution in [3.05, 3.63) is 51.7 Å². The molecule has 4 nitrogen and oxygen atoms in total. The number of halogens is 1. The monoisotopic (exact) mass is 335 g/mol. The van der Waals surface area contributed by atoms with Crippen LogP contribution in [0.5, 0.6) is 0 Å². The van der Waals surface area contributed by atoms with Gasteiger partial charge in [0.25, 0.3) is 0 Å². The van der Waals surface area contributed by atoms with Crippen molar-refractivity contribution in [1.82, 2.24) is 15.6 Å². The third kappa shape index (κ3) is 6.08. The lowest BCUT2D eigenvalue weighted by molar-refractivity contribution is -0.120. The predicted molar refractivity (Wildman–Crippen MR) is 91.2 cm³/mol. The fourth-order valence-electron chi connectivity index (χ4n) is 2.20. The zero-order valence-corrected chi connectivity index (χ0v) is 14.3. The lowest BCUT2D eigenvalue weighted by Gasteiger charge is -2.12. The Hall–Kier alpha value is -1.79. The summed E-state index contributed by atoms with van der Waals surface area (Å²) in [6, 6.07) is 6.66. The lowest BCUT2D eigenvalue weighted by atomic mass is 10.1. The first-order chi connectivity index (χ1) is 11.1. The number of carbonyl (C=O) groups excluding carboxylic acids is 1. The number of hydrogen-bond donors (Lipinski definition) is 2. The molecule has 1 heterocycles. The van der Waals surface area contributed by atoms with Gasteiger partial charge in [0.1, 0.15) is 5.82 Å². The van der Waals surface area contributed by atoms with Gasteiger partial charge in [-0.25, -0.2) is 9.37 Å². The Morgan fingerprint density at radius 2 is 2.09 bits per heavy atom. The van der Waals surface area contributed by atoms with Crippen LogP contribution in [0.15, 0.2) is 29.6 Å². The van der Waals surface area contributed by atoms with Gasteiger partial charge in [-0.2, -0.15) is 0 Å². The fourth-order valence-corrected chi connectivity index (χ4v) is 3.03. The average molecular weight is 335 g/mol. The zero-order chi connectivity index (χ0) is 16.7. The zero-order valence-electron chi connectivity index (χ0n) is 13.4. The minimum Gasteiger partial charge on any atom is -0.354 e. The van der Waals surface area contributed by atoms with Crippen LogP contribution in [0.4, 0.5) is 4.39 Å². The summed E-state index contributed by atoms with van der Waals surface area (Å²) in [7, 11) is 0. The highest BCUT2D eigenvalue weighted by Gasteiger charge is 2.09. The number of likely N-dealkylation sites (N-methyl/N-ethyl adjacent to an activating group) is 1. The molecule has 1 aromatic heterocycles. The predicted octanol–water partition coefficient (Wildman–Crippen LogP) is 2.53. The molecule has 0 aliphatic rings. The van der Waals surface area contributed by atoms with Crippen molar-refractivity contribution in [3.63, 3.8) is 0 Å². The van der Waals surface area contributed by atoms with Gasteiger partial charge in [-0.1, -0.05) is 19.1 Å². The summed E-state index contributed by atoms with van der Waals surface area (Å²) in [6.45, 7) is 5.57. The summed E-state index contributed by atoms with van der Waals surface area (Å²) >= 11 is 1.53. The highest BCUT2D eigenvalue weighted by Crippen LogP contribution is 2.15. The number of nitrogens with zero attached hydrogens (tertiary/aromatic N) is 1. The first-order valence-corrected chi connectivity index (χ1v) is 8.62. The van der Waals surface area contributed by atoms with Crippen molar-refractivity contribution in [2.24, 2.45) is 0 Å². The number of carbonyl (C=O) groups is 1. The highest BCUT2D eigenvalue weighted by atomic mass is 32.1. The quantitative estimate of drug-likeness (QED) is 0.779. The summed E-state index contributed by atoms with van der Waals surface area (Å²) in [6.07, 6.45) is 0.947. The van der Waals surface area contributed by atoms with Crippen LogP contribution in [0.3, 0.4) is 0 Å². The van der Waals surface area contributed by atoms with E-state index in [1.807, 2.05) is 19.2 Å². The van der Waals surface area contributed by atoms with E-state index in [4.69, 9.17) is 0 Å². The number of aromatic nitrogens is 1. The van der Waals surface area contributed by atoms with Crippen LogP contribution in [0.25, 0.3) is 0 Å². The van der Waals surface area contributed by atoms with Gasteiger partial charge in [0, 0.05) is 24.4 Å². The normalized spacial score (nSPS) is 12.1. The molecule has 0 radical (unpaired) electrons. The van der Waals surface area contributed by atoms with E-state index in [2.05, 4.69) is 15.6 Å². The second-order valence-electron chi connectivity index (χ2n) is 5.48. The Balaban J connectivity index is 1.82. The topological polar surface area (TPSA) is 54.0 Å². The molecule has 124 valence electrons.